The molecule has 1 fully saturated rings. The molecule has 0 saturated carbocycles. The molecule has 2 rings (SSSR count). The molecular formula is C13H17N3O5. The van der Waals surface area contributed by atoms with Crippen LogP contribution >= 0.6 is 0 Å². The van der Waals surface area contributed by atoms with Gasteiger partial charge in [-0.1, -0.05) is 12.8 Å². The fourth-order valence-corrected chi connectivity index (χ4v) is 2.56. The zero-order chi connectivity index (χ0) is 15.4. The second-order valence-corrected chi connectivity index (χ2v) is 5.01. The topological polar surface area (TPSA) is 117 Å². The van der Waals surface area contributed by atoms with Crippen molar-refractivity contribution in [3.8, 4) is 0 Å². The standard InChI is InChI=1S/C13H17N3O5/c17-8-10-4-2-1-3-5-15(10)12-11(16(20)21)6-9(7-14-12)13(18)19/h6-7,10,17H,1-5,8H2,(H,18,19). The van der Waals surface area contributed by atoms with Crippen molar-refractivity contribution >= 4 is 17.5 Å². The maximum absolute atomic E-state index is 11.2. The van der Waals surface area contributed by atoms with Crippen LogP contribution in [0, 0.1) is 10.1 Å². The maximum Gasteiger partial charge on any atom is 0.337 e. The van der Waals surface area contributed by atoms with Gasteiger partial charge >= 0.3 is 11.7 Å². The third-order valence-corrected chi connectivity index (χ3v) is 3.65. The number of nitrogens with zero attached hydrogens (tertiary/aromatic N) is 3. The van der Waals surface area contributed by atoms with Gasteiger partial charge in [0.05, 0.1) is 23.1 Å². The van der Waals surface area contributed by atoms with Crippen LogP contribution in [0.25, 0.3) is 0 Å². The number of carboxylic acids is 1. The summed E-state index contributed by atoms with van der Waals surface area (Å²) >= 11 is 0. The van der Waals surface area contributed by atoms with Crippen molar-refractivity contribution in [2.75, 3.05) is 18.1 Å². The van der Waals surface area contributed by atoms with Gasteiger partial charge in [0, 0.05) is 18.8 Å². The second-order valence-electron chi connectivity index (χ2n) is 5.01. The Bertz CT molecular complexity index is 549. The zero-order valence-electron chi connectivity index (χ0n) is 11.4. The Hall–Kier alpha value is -2.22. The van der Waals surface area contributed by atoms with E-state index in [9.17, 15) is 20.0 Å². The molecule has 1 saturated heterocycles. The Balaban J connectivity index is 2.45. The monoisotopic (exact) mass is 295 g/mol. The van der Waals surface area contributed by atoms with Crippen molar-refractivity contribution in [2.24, 2.45) is 0 Å². The number of anilines is 1. The number of aromatic carboxylic acids is 1. The SMILES string of the molecule is O=C(O)c1cnc(N2CCCCCC2CO)c([N+](=O)[O-])c1. The Kier molecular flexibility index (Phi) is 4.69. The highest BCUT2D eigenvalue weighted by atomic mass is 16.6. The minimum Gasteiger partial charge on any atom is -0.478 e. The van der Waals surface area contributed by atoms with Gasteiger partial charge in [-0.25, -0.2) is 9.78 Å². The summed E-state index contributed by atoms with van der Waals surface area (Å²) in [5.74, 6) is -1.13. The molecule has 0 aromatic carbocycles. The smallest absolute Gasteiger partial charge is 0.337 e. The van der Waals surface area contributed by atoms with E-state index in [0.29, 0.717) is 6.54 Å². The summed E-state index contributed by atoms with van der Waals surface area (Å²) < 4.78 is 0. The molecule has 2 heterocycles. The molecule has 0 radical (unpaired) electrons. The predicted octanol–water partition coefficient (Wildman–Crippen LogP) is 1.43. The molecule has 8 nitrogen and oxygen atoms in total. The van der Waals surface area contributed by atoms with Crippen LogP contribution in [0.15, 0.2) is 12.3 Å². The van der Waals surface area contributed by atoms with Gasteiger partial charge in [-0.15, -0.1) is 0 Å². The van der Waals surface area contributed by atoms with E-state index in [4.69, 9.17) is 5.11 Å². The van der Waals surface area contributed by atoms with Crippen LogP contribution in [-0.4, -0.2) is 45.3 Å². The predicted molar refractivity (Wildman–Crippen MR) is 74.5 cm³/mol. The first kappa shape index (κ1) is 15.2. The number of rotatable bonds is 4. The number of aliphatic hydroxyl groups excluding tert-OH is 1. The third-order valence-electron chi connectivity index (χ3n) is 3.65. The van der Waals surface area contributed by atoms with Gasteiger partial charge < -0.3 is 15.1 Å². The number of hydrogen-bond acceptors (Lipinski definition) is 6. The molecule has 1 atom stereocenters. The summed E-state index contributed by atoms with van der Waals surface area (Å²) in [7, 11) is 0. The van der Waals surface area contributed by atoms with Gasteiger partial charge in [-0.2, -0.15) is 0 Å². The molecule has 0 amide bonds. The van der Waals surface area contributed by atoms with Gasteiger partial charge in [0.2, 0.25) is 5.82 Å². The molecule has 21 heavy (non-hydrogen) atoms. The van der Waals surface area contributed by atoms with Crippen molar-refractivity contribution in [3.63, 3.8) is 0 Å². The highest BCUT2D eigenvalue weighted by molar-refractivity contribution is 5.88. The lowest BCUT2D eigenvalue weighted by Crippen LogP contribution is -2.38. The molecule has 1 aliphatic rings. The van der Waals surface area contributed by atoms with Crippen molar-refractivity contribution < 1.29 is 19.9 Å². The minimum absolute atomic E-state index is 0.112. The molecular weight excluding hydrogens is 278 g/mol. The number of aliphatic hydroxyl groups is 1. The number of hydrogen-bond donors (Lipinski definition) is 2. The van der Waals surface area contributed by atoms with Crippen molar-refractivity contribution in [2.45, 2.75) is 31.7 Å². The average molecular weight is 295 g/mol. The van der Waals surface area contributed by atoms with Gasteiger partial charge in [0.1, 0.15) is 0 Å². The van der Waals surface area contributed by atoms with Crippen LogP contribution in [0.1, 0.15) is 36.0 Å². The van der Waals surface area contributed by atoms with Gasteiger partial charge in [0.25, 0.3) is 0 Å². The maximum atomic E-state index is 11.2. The molecule has 0 aliphatic carbocycles. The fraction of sp³-hybridized carbons (Fsp3) is 0.538. The normalized spacial score (nSPS) is 19.1. The Morgan fingerprint density at radius 2 is 2.24 bits per heavy atom. The van der Waals surface area contributed by atoms with Crippen LogP contribution in [0.5, 0.6) is 0 Å². The Labute approximate surface area is 121 Å². The zero-order valence-corrected chi connectivity index (χ0v) is 11.4. The highest BCUT2D eigenvalue weighted by Gasteiger charge is 2.29. The Morgan fingerprint density at radius 3 is 2.86 bits per heavy atom. The van der Waals surface area contributed by atoms with E-state index in [1.165, 1.54) is 0 Å². The van der Waals surface area contributed by atoms with E-state index in [2.05, 4.69) is 4.98 Å². The first-order valence-corrected chi connectivity index (χ1v) is 6.80. The summed E-state index contributed by atoms with van der Waals surface area (Å²) in [4.78, 5) is 27.2. The van der Waals surface area contributed by atoms with E-state index in [1.54, 1.807) is 4.90 Å². The van der Waals surface area contributed by atoms with E-state index >= 15 is 0 Å². The molecule has 0 bridgehead atoms. The lowest BCUT2D eigenvalue weighted by Gasteiger charge is -2.29. The lowest BCUT2D eigenvalue weighted by molar-refractivity contribution is -0.384. The Morgan fingerprint density at radius 1 is 1.48 bits per heavy atom. The number of carbonyl (C=O) groups is 1. The van der Waals surface area contributed by atoms with E-state index in [0.717, 1.165) is 37.9 Å². The number of carboxylic acid groups (broad SMARTS) is 1. The second kappa shape index (κ2) is 6.49. The average Bonchev–Trinajstić information content (AvgIpc) is 2.71. The lowest BCUT2D eigenvalue weighted by atomic mass is 10.1. The van der Waals surface area contributed by atoms with Gasteiger partial charge in [0.15, 0.2) is 0 Å². The molecule has 1 aromatic rings. The molecule has 1 unspecified atom stereocenters. The molecule has 1 aliphatic heterocycles. The fourth-order valence-electron chi connectivity index (χ4n) is 2.56. The molecule has 8 heteroatoms. The van der Waals surface area contributed by atoms with Gasteiger partial charge in [-0.05, 0) is 12.8 Å². The summed E-state index contributed by atoms with van der Waals surface area (Å²) in [5.41, 5.74) is -0.559. The quantitative estimate of drug-likeness (QED) is 0.637. The van der Waals surface area contributed by atoms with E-state index in [1.807, 2.05) is 0 Å². The van der Waals surface area contributed by atoms with Crippen LogP contribution in [0.3, 0.4) is 0 Å². The van der Waals surface area contributed by atoms with Crippen molar-refractivity contribution in [1.29, 1.82) is 0 Å². The van der Waals surface area contributed by atoms with E-state index in [-0.39, 0.29) is 29.7 Å². The van der Waals surface area contributed by atoms with Gasteiger partial charge in [-0.3, -0.25) is 10.1 Å². The van der Waals surface area contributed by atoms with Crippen molar-refractivity contribution in [3.05, 3.63) is 27.9 Å². The largest absolute Gasteiger partial charge is 0.478 e. The van der Waals surface area contributed by atoms with Crippen LogP contribution in [-0.2, 0) is 0 Å². The molecule has 2 N–H and O–H groups in total. The van der Waals surface area contributed by atoms with Crippen LogP contribution in [0.4, 0.5) is 11.5 Å². The van der Waals surface area contributed by atoms with Crippen molar-refractivity contribution in [1.82, 2.24) is 4.98 Å². The summed E-state index contributed by atoms with van der Waals surface area (Å²) in [5, 5.41) is 29.6. The number of pyridine rings is 1. The summed E-state index contributed by atoms with van der Waals surface area (Å²) in [6.45, 7) is 0.449. The first-order valence-electron chi connectivity index (χ1n) is 6.80. The number of aromatic nitrogens is 1. The minimum atomic E-state index is -1.26. The summed E-state index contributed by atoms with van der Waals surface area (Å²) in [6, 6.07) is 0.790. The van der Waals surface area contributed by atoms with E-state index < -0.39 is 10.9 Å². The summed E-state index contributed by atoms with van der Waals surface area (Å²) in [6.07, 6.45) is 4.65. The highest BCUT2D eigenvalue weighted by Crippen LogP contribution is 2.31. The van der Waals surface area contributed by atoms with Crippen LogP contribution in [0.2, 0.25) is 0 Å². The third kappa shape index (κ3) is 3.27. The molecule has 1 aromatic heterocycles. The molecule has 0 spiro atoms. The number of nitro groups is 1. The first-order chi connectivity index (χ1) is 10.0. The molecule has 114 valence electrons. The van der Waals surface area contributed by atoms with Crippen LogP contribution < -0.4 is 4.90 Å².